The van der Waals surface area contributed by atoms with Gasteiger partial charge in [0.15, 0.2) is 16.6 Å². The molecule has 0 saturated heterocycles. The predicted octanol–water partition coefficient (Wildman–Crippen LogP) is 3.99. The van der Waals surface area contributed by atoms with Crippen LogP contribution >= 0.6 is 11.8 Å². The lowest BCUT2D eigenvalue weighted by atomic mass is 10.1. The minimum Gasteiger partial charge on any atom is -0.497 e. The number of thioether (sulfide) groups is 1. The molecular formula is C24H20N6O3S. The highest BCUT2D eigenvalue weighted by Crippen LogP contribution is 2.25. The molecule has 2 aromatic carbocycles. The molecule has 3 heterocycles. The number of fused-ring (bicyclic) bond motifs is 3. The molecule has 1 N–H and O–H groups in total. The number of nitrogens with zero attached hydrogens (tertiary/aromatic N) is 5. The summed E-state index contributed by atoms with van der Waals surface area (Å²) in [6.45, 7) is 1.49. The Bertz CT molecular complexity index is 1520. The van der Waals surface area contributed by atoms with Crippen molar-refractivity contribution >= 4 is 40.3 Å². The fraction of sp³-hybridized carbons (Fsp3) is 0.125. The first-order valence-electron chi connectivity index (χ1n) is 10.4. The summed E-state index contributed by atoms with van der Waals surface area (Å²) in [5.74, 6) is 0.674. The zero-order chi connectivity index (χ0) is 23.7. The van der Waals surface area contributed by atoms with Gasteiger partial charge in [-0.3, -0.25) is 14.0 Å². The Morgan fingerprint density at radius 2 is 1.88 bits per heavy atom. The molecule has 34 heavy (non-hydrogen) atoms. The minimum absolute atomic E-state index is 0.0539. The molecule has 10 heteroatoms. The average molecular weight is 473 g/mol. The third-order valence-electron chi connectivity index (χ3n) is 5.26. The quantitative estimate of drug-likeness (QED) is 0.282. The van der Waals surface area contributed by atoms with Gasteiger partial charge in [-0.05, 0) is 49.4 Å². The molecule has 0 unspecified atom stereocenters. The summed E-state index contributed by atoms with van der Waals surface area (Å²) >= 11 is 1.28. The highest BCUT2D eigenvalue weighted by molar-refractivity contribution is 7.99. The second-order valence-corrected chi connectivity index (χ2v) is 8.48. The van der Waals surface area contributed by atoms with E-state index < -0.39 is 0 Å². The van der Waals surface area contributed by atoms with Crippen LogP contribution in [0.1, 0.15) is 17.3 Å². The molecule has 3 aromatic heterocycles. The normalized spacial score (nSPS) is 11.1. The zero-order valence-electron chi connectivity index (χ0n) is 18.4. The largest absolute Gasteiger partial charge is 0.497 e. The maximum absolute atomic E-state index is 12.4. The van der Waals surface area contributed by atoms with Gasteiger partial charge in [0.05, 0.1) is 18.6 Å². The van der Waals surface area contributed by atoms with Gasteiger partial charge < -0.3 is 10.1 Å². The first kappa shape index (κ1) is 21.7. The van der Waals surface area contributed by atoms with Crippen LogP contribution in [0.4, 0.5) is 5.69 Å². The lowest BCUT2D eigenvalue weighted by molar-refractivity contribution is -0.113. The van der Waals surface area contributed by atoms with Gasteiger partial charge in [-0.25, -0.2) is 4.52 Å². The van der Waals surface area contributed by atoms with Crippen LogP contribution in [0.2, 0.25) is 0 Å². The van der Waals surface area contributed by atoms with Crippen molar-refractivity contribution in [2.75, 3.05) is 18.2 Å². The standard InChI is InChI=1S/C24H20N6O3S/c1-15(31)17-4-3-5-18(12-17)25-22(32)14-34-24-27-26-23-21-13-20(28-30(21)11-10-29(23)24)16-6-8-19(33-2)9-7-16/h3-13H,14H2,1-2H3,(H,25,32). The summed E-state index contributed by atoms with van der Waals surface area (Å²) in [4.78, 5) is 24.0. The second kappa shape index (κ2) is 8.99. The Kier molecular flexibility index (Phi) is 5.72. The number of benzene rings is 2. The topological polar surface area (TPSA) is 103 Å². The third-order valence-corrected chi connectivity index (χ3v) is 6.20. The van der Waals surface area contributed by atoms with Crippen molar-refractivity contribution in [1.82, 2.24) is 24.2 Å². The van der Waals surface area contributed by atoms with Crippen LogP contribution in [-0.2, 0) is 4.79 Å². The van der Waals surface area contributed by atoms with Crippen LogP contribution in [-0.4, -0.2) is 48.8 Å². The van der Waals surface area contributed by atoms with E-state index in [1.807, 2.05) is 47.1 Å². The summed E-state index contributed by atoms with van der Waals surface area (Å²) in [6.07, 6.45) is 3.65. The van der Waals surface area contributed by atoms with E-state index in [-0.39, 0.29) is 17.4 Å². The van der Waals surface area contributed by atoms with Crippen molar-refractivity contribution in [3.8, 4) is 17.0 Å². The fourth-order valence-electron chi connectivity index (χ4n) is 3.54. The zero-order valence-corrected chi connectivity index (χ0v) is 19.2. The molecule has 5 rings (SSSR count). The van der Waals surface area contributed by atoms with Crippen LogP contribution in [0.3, 0.4) is 0 Å². The number of rotatable bonds is 7. The molecule has 0 spiro atoms. The summed E-state index contributed by atoms with van der Waals surface area (Å²) in [5.41, 5.74) is 4.34. The average Bonchev–Trinajstić information content (AvgIpc) is 3.47. The smallest absolute Gasteiger partial charge is 0.234 e. The first-order chi connectivity index (χ1) is 16.5. The van der Waals surface area contributed by atoms with E-state index in [2.05, 4.69) is 20.6 Å². The summed E-state index contributed by atoms with van der Waals surface area (Å²) < 4.78 is 8.81. The van der Waals surface area contributed by atoms with Gasteiger partial charge in [-0.2, -0.15) is 5.10 Å². The van der Waals surface area contributed by atoms with E-state index in [1.165, 1.54) is 18.7 Å². The molecule has 0 bridgehead atoms. The van der Waals surface area contributed by atoms with Crippen LogP contribution in [0, 0.1) is 0 Å². The van der Waals surface area contributed by atoms with Gasteiger partial charge in [-0.1, -0.05) is 23.9 Å². The van der Waals surface area contributed by atoms with E-state index in [9.17, 15) is 9.59 Å². The molecule has 170 valence electrons. The number of ether oxygens (including phenoxy) is 1. The maximum Gasteiger partial charge on any atom is 0.234 e. The Balaban J connectivity index is 1.34. The number of Topliss-reactive ketones (excluding diaryl/α,β-unsaturated/α-hetero) is 1. The van der Waals surface area contributed by atoms with Crippen molar-refractivity contribution in [2.45, 2.75) is 12.1 Å². The number of methoxy groups -OCH3 is 1. The molecular weight excluding hydrogens is 452 g/mol. The van der Waals surface area contributed by atoms with Crippen LogP contribution in [0.25, 0.3) is 22.4 Å². The van der Waals surface area contributed by atoms with Crippen molar-refractivity contribution in [3.05, 3.63) is 72.6 Å². The first-order valence-corrected chi connectivity index (χ1v) is 11.4. The number of anilines is 1. The van der Waals surface area contributed by atoms with Gasteiger partial charge in [0.25, 0.3) is 0 Å². The van der Waals surface area contributed by atoms with Gasteiger partial charge in [0.2, 0.25) is 5.91 Å². The summed E-state index contributed by atoms with van der Waals surface area (Å²) in [7, 11) is 1.63. The van der Waals surface area contributed by atoms with Crippen molar-refractivity contribution < 1.29 is 14.3 Å². The Labute approximate surface area is 198 Å². The summed E-state index contributed by atoms with van der Waals surface area (Å²) in [5, 5.41) is 16.6. The van der Waals surface area contributed by atoms with Crippen molar-refractivity contribution in [2.24, 2.45) is 0 Å². The fourth-order valence-corrected chi connectivity index (χ4v) is 4.25. The SMILES string of the molecule is COc1ccc(-c2cc3c4nnc(SCC(=O)Nc5cccc(C(C)=O)c5)n4ccn3n2)cc1. The number of carbonyl (C=O) groups excluding carboxylic acids is 2. The number of ketones is 1. The van der Waals surface area contributed by atoms with E-state index >= 15 is 0 Å². The number of carbonyl (C=O) groups is 2. The van der Waals surface area contributed by atoms with Crippen molar-refractivity contribution in [3.63, 3.8) is 0 Å². The van der Waals surface area contributed by atoms with E-state index in [0.717, 1.165) is 22.5 Å². The summed E-state index contributed by atoms with van der Waals surface area (Å²) in [6, 6.07) is 16.5. The minimum atomic E-state index is -0.199. The van der Waals surface area contributed by atoms with Crippen LogP contribution in [0.5, 0.6) is 5.75 Å². The molecule has 5 aromatic rings. The number of aromatic nitrogens is 5. The van der Waals surface area contributed by atoms with Crippen LogP contribution < -0.4 is 10.1 Å². The molecule has 0 aliphatic heterocycles. The second-order valence-electron chi connectivity index (χ2n) is 7.54. The maximum atomic E-state index is 12.4. The molecule has 0 atom stereocenters. The molecule has 0 radical (unpaired) electrons. The molecule has 0 fully saturated rings. The molecule has 0 aliphatic rings. The van der Waals surface area contributed by atoms with Crippen molar-refractivity contribution in [1.29, 1.82) is 0 Å². The van der Waals surface area contributed by atoms with Gasteiger partial charge in [-0.15, -0.1) is 10.2 Å². The Morgan fingerprint density at radius 3 is 2.65 bits per heavy atom. The Morgan fingerprint density at radius 1 is 1.06 bits per heavy atom. The molecule has 0 saturated carbocycles. The van der Waals surface area contributed by atoms with Gasteiger partial charge in [0, 0.05) is 29.2 Å². The van der Waals surface area contributed by atoms with E-state index in [1.54, 1.807) is 35.9 Å². The lowest BCUT2D eigenvalue weighted by Crippen LogP contribution is -2.14. The van der Waals surface area contributed by atoms with Gasteiger partial charge in [0.1, 0.15) is 11.3 Å². The highest BCUT2D eigenvalue weighted by Gasteiger charge is 2.14. The molecule has 9 nitrogen and oxygen atoms in total. The predicted molar refractivity (Wildman–Crippen MR) is 130 cm³/mol. The van der Waals surface area contributed by atoms with Crippen LogP contribution in [0.15, 0.2) is 72.1 Å². The molecule has 0 aliphatic carbocycles. The lowest BCUT2D eigenvalue weighted by Gasteiger charge is -2.06. The number of hydrogen-bond acceptors (Lipinski definition) is 7. The third kappa shape index (κ3) is 4.23. The number of hydrogen-bond donors (Lipinski definition) is 1. The monoisotopic (exact) mass is 472 g/mol. The highest BCUT2D eigenvalue weighted by atomic mass is 32.2. The molecule has 1 amide bonds. The van der Waals surface area contributed by atoms with E-state index in [4.69, 9.17) is 4.74 Å². The number of nitrogens with one attached hydrogen (secondary N) is 1. The van der Waals surface area contributed by atoms with E-state index in [0.29, 0.717) is 22.1 Å². The van der Waals surface area contributed by atoms with Gasteiger partial charge >= 0.3 is 0 Å². The Hall–Kier alpha value is -4.18. The number of amides is 1.